The van der Waals surface area contributed by atoms with Gasteiger partial charge in [0.1, 0.15) is 42.0 Å². The van der Waals surface area contributed by atoms with Crippen LogP contribution in [0.5, 0.6) is 17.2 Å². The van der Waals surface area contributed by atoms with E-state index < -0.39 is 165 Å². The molecule has 4 aromatic rings. The molecule has 0 aliphatic carbocycles. The van der Waals surface area contributed by atoms with Crippen LogP contribution in [-0.2, 0) is 49.3 Å². The maximum absolute atomic E-state index is 14.7. The number of phenols is 1. The second-order valence-electron chi connectivity index (χ2n) is 27.0. The zero-order chi connectivity index (χ0) is 75.9. The van der Waals surface area contributed by atoms with Crippen molar-refractivity contribution in [2.45, 2.75) is 178 Å². The van der Waals surface area contributed by atoms with Gasteiger partial charge in [0, 0.05) is 114 Å². The number of phenolic OH excluding ortho intramolecular Hbond substituents is 1. The molecular formula is C72H101N11O20S. The first kappa shape index (κ1) is 82.9. The monoisotopic (exact) mass is 1470 g/mol. The van der Waals surface area contributed by atoms with Crippen LogP contribution >= 0.6 is 12.3 Å². The fourth-order valence-corrected chi connectivity index (χ4v) is 13.5. The summed E-state index contributed by atoms with van der Waals surface area (Å²) in [6, 6.07) is 18.2. The maximum atomic E-state index is 14.7. The fraction of sp³-hybridized carbons (Fsp3) is 0.556. The summed E-state index contributed by atoms with van der Waals surface area (Å²) in [5.41, 5.74) is 4.18. The summed E-state index contributed by atoms with van der Waals surface area (Å²) < 4.78 is 20.4. The van der Waals surface area contributed by atoms with E-state index in [0.717, 1.165) is 89.5 Å². The Kier molecular flexibility index (Phi) is 32.0. The number of fused-ring (bicyclic) bond motifs is 2. The summed E-state index contributed by atoms with van der Waals surface area (Å²) in [5, 5.41) is 113. The first-order valence-corrected chi connectivity index (χ1v) is 35.7. The van der Waals surface area contributed by atoms with Crippen LogP contribution < -0.4 is 45.3 Å². The summed E-state index contributed by atoms with van der Waals surface area (Å²) in [4.78, 5) is 110. The number of aromatic hydroxyl groups is 1. The van der Waals surface area contributed by atoms with E-state index in [-0.39, 0.29) is 35.7 Å². The van der Waals surface area contributed by atoms with E-state index in [0.29, 0.717) is 44.9 Å². The Hall–Kier alpha value is -8.43. The average Bonchev–Trinajstić information content (AvgIpc) is 1.62. The SMILES string of the molecule is CCN(C(C)C)C(C)C.COCCCCCOc1ccc(-c2ccc(N3CCN(c4ccc(C(=O)N[C@H]5C[C@H](O)CNC(=O)C6[C@@H](O)C(C)CN6C(=O)[C@H]([C@H](O)CC#N)NC(=O)C([C@H](O)Cc6ccc(O)c(OSOOO)c6)NC(=O)C6CC(O)CN6C(=O)C(C(C)O)NC5=O)cc4)CC3)cc2)cc1. The zero-order valence-electron chi connectivity index (χ0n) is 59.9. The van der Waals surface area contributed by atoms with Crippen LogP contribution in [0.15, 0.2) is 91.0 Å². The first-order valence-electron chi connectivity index (χ1n) is 35.1. The van der Waals surface area contributed by atoms with E-state index in [1.807, 2.05) is 24.3 Å². The van der Waals surface area contributed by atoms with Crippen LogP contribution in [0.3, 0.4) is 0 Å². The number of carbonyl (C=O) groups is 7. The van der Waals surface area contributed by atoms with Crippen LogP contribution in [0.4, 0.5) is 11.4 Å². The van der Waals surface area contributed by atoms with Crippen molar-refractivity contribution in [3.8, 4) is 34.4 Å². The summed E-state index contributed by atoms with van der Waals surface area (Å²) in [6.07, 6.45) is -10.1. The number of methoxy groups -OCH3 is 1. The minimum atomic E-state index is -2.15. The van der Waals surface area contributed by atoms with Gasteiger partial charge >= 0.3 is 0 Å². The van der Waals surface area contributed by atoms with Crippen molar-refractivity contribution in [3.05, 3.63) is 102 Å². The number of ether oxygens (including phenoxy) is 2. The fourth-order valence-electron chi connectivity index (χ4n) is 13.2. The summed E-state index contributed by atoms with van der Waals surface area (Å²) in [6.45, 7) is 17.4. The molecule has 570 valence electrons. The molecule has 4 fully saturated rings. The molecule has 0 bridgehead atoms. The number of carbonyl (C=O) groups excluding carboxylic acids is 7. The Morgan fingerprint density at radius 3 is 1.87 bits per heavy atom. The van der Waals surface area contributed by atoms with Crippen LogP contribution in [0, 0.1) is 17.2 Å². The number of amides is 7. The van der Waals surface area contributed by atoms with Crippen molar-refractivity contribution < 1.29 is 97.6 Å². The van der Waals surface area contributed by atoms with Crippen molar-refractivity contribution >= 4 is 65.0 Å². The molecule has 7 unspecified atom stereocenters. The highest BCUT2D eigenvalue weighted by Crippen LogP contribution is 2.33. The molecule has 0 aromatic heterocycles. The van der Waals surface area contributed by atoms with Gasteiger partial charge in [-0.3, -0.25) is 38.5 Å². The summed E-state index contributed by atoms with van der Waals surface area (Å²) in [5.74, 6) is -8.73. The van der Waals surface area contributed by atoms with Gasteiger partial charge in [-0.1, -0.05) is 53.6 Å². The maximum Gasteiger partial charge on any atom is 0.261 e. The smallest absolute Gasteiger partial charge is 0.261 e. The molecule has 4 heterocycles. The van der Waals surface area contributed by atoms with E-state index in [9.17, 15) is 74.6 Å². The molecule has 4 aliphatic rings. The van der Waals surface area contributed by atoms with Gasteiger partial charge in [-0.15, -0.1) is 0 Å². The lowest BCUT2D eigenvalue weighted by Gasteiger charge is -2.37. The normalized spacial score (nSPS) is 24.0. The van der Waals surface area contributed by atoms with Gasteiger partial charge in [0.2, 0.25) is 35.4 Å². The topological polar surface area (TPSA) is 428 Å². The number of hydrogen-bond donors (Lipinski definition) is 13. The summed E-state index contributed by atoms with van der Waals surface area (Å²) in [7, 11) is 1.70. The number of nitriles is 1. The van der Waals surface area contributed by atoms with Crippen LogP contribution in [0.1, 0.15) is 103 Å². The molecule has 7 amide bonds. The number of piperazine rings is 1. The highest BCUT2D eigenvalue weighted by Gasteiger charge is 2.50. The highest BCUT2D eigenvalue weighted by atomic mass is 32.2. The molecule has 8 rings (SSSR count). The third-order valence-electron chi connectivity index (χ3n) is 18.8. The number of unbranched alkanes of at least 4 members (excludes halogenated alkanes) is 2. The molecular weight excluding hydrogens is 1370 g/mol. The molecule has 0 saturated carbocycles. The second kappa shape index (κ2) is 40.2. The van der Waals surface area contributed by atoms with E-state index in [1.54, 1.807) is 25.3 Å². The van der Waals surface area contributed by atoms with Gasteiger partial charge in [-0.25, -0.2) is 5.26 Å². The average molecular weight is 1470 g/mol. The molecule has 0 spiro atoms. The number of anilines is 2. The molecule has 32 heteroatoms. The second-order valence-corrected chi connectivity index (χ2v) is 27.4. The Morgan fingerprint density at radius 2 is 1.29 bits per heavy atom. The molecule has 104 heavy (non-hydrogen) atoms. The number of benzene rings is 4. The predicted octanol–water partition coefficient (Wildman–Crippen LogP) is 1.93. The van der Waals surface area contributed by atoms with Gasteiger partial charge in [0.05, 0.1) is 55.7 Å². The lowest BCUT2D eigenvalue weighted by atomic mass is 9.98. The minimum Gasteiger partial charge on any atom is -0.504 e. The Bertz CT molecular complexity index is 3490. The molecule has 4 aliphatic heterocycles. The van der Waals surface area contributed by atoms with E-state index in [2.05, 4.69) is 110 Å². The quantitative estimate of drug-likeness (QED) is 0.0195. The molecule has 13 N–H and O–H groups in total. The Balaban J connectivity index is 0.00000157. The minimum absolute atomic E-state index is 0.0701. The highest BCUT2D eigenvalue weighted by molar-refractivity contribution is 7.90. The van der Waals surface area contributed by atoms with Crippen molar-refractivity contribution in [2.24, 2.45) is 5.92 Å². The van der Waals surface area contributed by atoms with E-state index >= 15 is 0 Å². The van der Waals surface area contributed by atoms with Crippen molar-refractivity contribution in [1.82, 2.24) is 41.3 Å². The zero-order valence-corrected chi connectivity index (χ0v) is 60.7. The number of hydrogen-bond acceptors (Lipinski definition) is 25. The number of nitrogens with one attached hydrogen (secondary N) is 5. The molecule has 13 atom stereocenters. The van der Waals surface area contributed by atoms with Crippen LogP contribution in [-0.4, -0.2) is 255 Å². The molecule has 4 saturated heterocycles. The van der Waals surface area contributed by atoms with Crippen LogP contribution in [0.2, 0.25) is 0 Å². The largest absolute Gasteiger partial charge is 0.504 e. The third-order valence-corrected chi connectivity index (χ3v) is 19.2. The molecule has 31 nitrogen and oxygen atoms in total. The van der Waals surface area contributed by atoms with E-state index in [1.165, 1.54) is 25.1 Å². The lowest BCUT2D eigenvalue weighted by molar-refractivity contribution is -0.433. The molecule has 0 radical (unpaired) electrons. The van der Waals surface area contributed by atoms with Gasteiger partial charge in [0.25, 0.3) is 18.2 Å². The van der Waals surface area contributed by atoms with Gasteiger partial charge in [-0.05, 0) is 138 Å². The van der Waals surface area contributed by atoms with Crippen LogP contribution in [0.25, 0.3) is 11.1 Å². The summed E-state index contributed by atoms with van der Waals surface area (Å²) >= 11 is 0.0701. The molecule has 4 aromatic carbocycles. The Labute approximate surface area is 609 Å². The number of nitrogens with zero attached hydrogens (tertiary/aromatic N) is 6. The standard InChI is InChI=1S/C64H82N10O20S.C8H19N/c1-36-34-74-56(57(36)81)62(86)66-33-44(76)31-47(67-58(82)41-10-16-43(17-11-41)72-25-23-71(24-26-72)42-14-8-39(9-15-42)40-12-18-46(19-13-40)91-28-6-4-5-27-90-3)59(83)68-53(37(2)75)63(87)73-35-45(77)32-48(73)60(84)69-54(61(85)70-55(64(74)88)50(79)21-22-65)51(80)29-38-7-20-49(78)52(30-38)92-95-94-93-89;1-6-9(7(2)3)8(4)5/h7-20,30,36-37,44-45,47-48,50-51,53-57,75-81,89H,4-6,21,23-29,31-35H2,1-3H3,(H,66,86)(H,67,82)(H,68,83)(H,69,84)(H,70,85);7-8H,6H2,1-5H3/t36?,37?,44-,45?,47-,48?,50+,51+,53?,54?,55-,56?,57-;/m0./s1. The number of β-amino-alcohol motifs (C(OH)–C–C–N with tert-alkyl or cyclic N) is 1. The third kappa shape index (κ3) is 22.8. The Morgan fingerprint density at radius 1 is 0.702 bits per heavy atom. The van der Waals surface area contributed by atoms with E-state index in [4.69, 9.17) is 18.9 Å². The number of rotatable bonds is 25. The van der Waals surface area contributed by atoms with Gasteiger partial charge in [0.15, 0.2) is 11.5 Å². The van der Waals surface area contributed by atoms with Crippen molar-refractivity contribution in [1.29, 1.82) is 5.26 Å². The van der Waals surface area contributed by atoms with Crippen molar-refractivity contribution in [3.63, 3.8) is 0 Å². The lowest BCUT2D eigenvalue weighted by Crippen LogP contribution is -2.64. The first-order chi connectivity index (χ1) is 49.7. The predicted molar refractivity (Wildman–Crippen MR) is 383 cm³/mol. The van der Waals surface area contributed by atoms with Crippen molar-refractivity contribution in [2.75, 3.05) is 82.5 Å². The number of aliphatic hydroxyl groups excluding tert-OH is 6. The van der Waals surface area contributed by atoms with Gasteiger partial charge in [-0.2, -0.15) is 5.26 Å². The number of aliphatic hydroxyl groups is 6. The van der Waals surface area contributed by atoms with Gasteiger partial charge < -0.3 is 95.6 Å².